The summed E-state index contributed by atoms with van der Waals surface area (Å²) in [4.78, 5) is 4.36. The van der Waals surface area contributed by atoms with Gasteiger partial charge in [-0.1, -0.05) is 18.2 Å². The zero-order valence-corrected chi connectivity index (χ0v) is 12.1. The maximum absolute atomic E-state index is 12.1. The summed E-state index contributed by atoms with van der Waals surface area (Å²) in [5.74, 6) is 0. The molecule has 0 aliphatic rings. The van der Waals surface area contributed by atoms with Crippen molar-refractivity contribution in [1.82, 2.24) is 15.0 Å². The Morgan fingerprint density at radius 1 is 1.16 bits per heavy atom. The molecule has 0 amide bonds. The molecule has 1 aromatic carbocycles. The minimum atomic E-state index is -3.51. The van der Waals surface area contributed by atoms with E-state index in [0.29, 0.717) is 18.6 Å². The van der Waals surface area contributed by atoms with E-state index >= 15 is 0 Å². The van der Waals surface area contributed by atoms with Gasteiger partial charge >= 0.3 is 0 Å². The molecular formula is C12H16ClN3O2S. The van der Waals surface area contributed by atoms with Crippen LogP contribution in [0.4, 0.5) is 0 Å². The average molecular weight is 302 g/mol. The van der Waals surface area contributed by atoms with Gasteiger partial charge in [0.1, 0.15) is 4.90 Å². The number of hydrogen-bond donors (Lipinski definition) is 2. The number of pyridine rings is 1. The fourth-order valence-corrected chi connectivity index (χ4v) is 2.89. The molecule has 0 atom stereocenters. The van der Waals surface area contributed by atoms with E-state index in [1.807, 2.05) is 12.1 Å². The number of benzene rings is 1. The third kappa shape index (κ3) is 3.63. The Morgan fingerprint density at radius 2 is 1.89 bits per heavy atom. The van der Waals surface area contributed by atoms with Crippen LogP contribution >= 0.6 is 12.4 Å². The first kappa shape index (κ1) is 15.8. The van der Waals surface area contributed by atoms with Crippen LogP contribution in [-0.4, -0.2) is 33.5 Å². The number of nitrogens with one attached hydrogen (secondary N) is 2. The normalized spacial score (nSPS) is 11.2. The predicted molar refractivity (Wildman–Crippen MR) is 78.1 cm³/mol. The molecule has 0 saturated heterocycles. The number of hydrogen-bond acceptors (Lipinski definition) is 4. The second kappa shape index (κ2) is 6.81. The third-order valence-electron chi connectivity index (χ3n) is 2.55. The molecule has 0 bridgehead atoms. The first-order valence-electron chi connectivity index (χ1n) is 5.63. The number of aromatic nitrogens is 1. The van der Waals surface area contributed by atoms with Gasteiger partial charge in [0.05, 0.1) is 5.52 Å². The van der Waals surface area contributed by atoms with Gasteiger partial charge < -0.3 is 5.32 Å². The summed E-state index contributed by atoms with van der Waals surface area (Å²) < 4.78 is 26.8. The molecule has 0 aliphatic carbocycles. The van der Waals surface area contributed by atoms with Crippen molar-refractivity contribution in [3.63, 3.8) is 0 Å². The average Bonchev–Trinajstić information content (AvgIpc) is 2.38. The lowest BCUT2D eigenvalue weighted by molar-refractivity contribution is 0.580. The molecule has 0 aliphatic heterocycles. The Kier molecular flexibility index (Phi) is 5.68. The number of fused-ring (bicyclic) bond motifs is 1. The van der Waals surface area contributed by atoms with Gasteiger partial charge in [-0.3, -0.25) is 4.98 Å². The molecule has 1 heterocycles. The molecular weight excluding hydrogens is 286 g/mol. The second-order valence-electron chi connectivity index (χ2n) is 3.83. The SMILES string of the molecule is CNCCNS(=O)(=O)c1cccc2cccnc12.Cl. The Morgan fingerprint density at radius 3 is 2.63 bits per heavy atom. The first-order chi connectivity index (χ1) is 8.65. The number of nitrogens with zero attached hydrogens (tertiary/aromatic N) is 1. The summed E-state index contributed by atoms with van der Waals surface area (Å²) in [6.07, 6.45) is 1.59. The van der Waals surface area contributed by atoms with E-state index in [1.54, 1.807) is 31.4 Å². The quantitative estimate of drug-likeness (QED) is 0.813. The van der Waals surface area contributed by atoms with E-state index < -0.39 is 10.0 Å². The van der Waals surface area contributed by atoms with Gasteiger partial charge in [0.15, 0.2) is 0 Å². The van der Waals surface area contributed by atoms with E-state index in [-0.39, 0.29) is 17.3 Å². The van der Waals surface area contributed by atoms with Crippen LogP contribution in [0.3, 0.4) is 0 Å². The number of likely N-dealkylation sites (N-methyl/N-ethyl adjacent to an activating group) is 1. The highest BCUT2D eigenvalue weighted by atomic mass is 35.5. The third-order valence-corrected chi connectivity index (χ3v) is 4.04. The van der Waals surface area contributed by atoms with Crippen LogP contribution < -0.4 is 10.0 Å². The van der Waals surface area contributed by atoms with Gasteiger partial charge in [-0.05, 0) is 19.2 Å². The van der Waals surface area contributed by atoms with Crippen molar-refractivity contribution in [3.8, 4) is 0 Å². The fraction of sp³-hybridized carbons (Fsp3) is 0.250. The van der Waals surface area contributed by atoms with Gasteiger partial charge in [0, 0.05) is 24.7 Å². The summed E-state index contributed by atoms with van der Waals surface area (Å²) in [5, 5.41) is 3.70. The zero-order valence-electron chi connectivity index (χ0n) is 10.5. The zero-order chi connectivity index (χ0) is 13.0. The van der Waals surface area contributed by atoms with Crippen LogP contribution in [0.2, 0.25) is 0 Å². The lowest BCUT2D eigenvalue weighted by Crippen LogP contribution is -2.30. The smallest absolute Gasteiger partial charge is 0.242 e. The van der Waals surface area contributed by atoms with E-state index in [0.717, 1.165) is 5.39 Å². The van der Waals surface area contributed by atoms with E-state index in [2.05, 4.69) is 15.0 Å². The monoisotopic (exact) mass is 301 g/mol. The molecule has 0 radical (unpaired) electrons. The van der Waals surface area contributed by atoms with Crippen LogP contribution in [0.1, 0.15) is 0 Å². The number of rotatable bonds is 5. The number of halogens is 1. The summed E-state index contributed by atoms with van der Waals surface area (Å²) in [6.45, 7) is 0.930. The van der Waals surface area contributed by atoms with E-state index in [1.165, 1.54) is 0 Å². The maximum atomic E-state index is 12.1. The van der Waals surface area contributed by atoms with Gasteiger partial charge in [-0.25, -0.2) is 13.1 Å². The predicted octanol–water partition coefficient (Wildman–Crippen LogP) is 1.15. The van der Waals surface area contributed by atoms with Gasteiger partial charge in [-0.2, -0.15) is 0 Å². The Bertz CT molecular complexity index is 641. The Hall–Kier alpha value is -1.21. The van der Waals surface area contributed by atoms with Crippen molar-refractivity contribution in [3.05, 3.63) is 36.5 Å². The largest absolute Gasteiger partial charge is 0.318 e. The van der Waals surface area contributed by atoms with Crippen LogP contribution in [0.5, 0.6) is 0 Å². The number of sulfonamides is 1. The molecule has 2 aromatic rings. The van der Waals surface area contributed by atoms with Crippen molar-refractivity contribution < 1.29 is 8.42 Å². The van der Waals surface area contributed by atoms with Crippen molar-refractivity contribution in [2.24, 2.45) is 0 Å². The van der Waals surface area contributed by atoms with Crippen molar-refractivity contribution in [2.45, 2.75) is 4.90 Å². The standard InChI is InChI=1S/C12H15N3O2S.ClH/c1-13-8-9-15-18(16,17)11-6-2-4-10-5-3-7-14-12(10)11;/h2-7,13,15H,8-9H2,1H3;1H. The minimum Gasteiger partial charge on any atom is -0.318 e. The van der Waals surface area contributed by atoms with Crippen molar-refractivity contribution in [2.75, 3.05) is 20.1 Å². The summed E-state index contributed by atoms with van der Waals surface area (Å²) >= 11 is 0. The van der Waals surface area contributed by atoms with Crippen molar-refractivity contribution in [1.29, 1.82) is 0 Å². The summed E-state index contributed by atoms with van der Waals surface area (Å²) in [6, 6.07) is 8.75. The molecule has 0 saturated carbocycles. The molecule has 0 spiro atoms. The van der Waals surface area contributed by atoms with E-state index in [4.69, 9.17) is 0 Å². The van der Waals surface area contributed by atoms with Crippen LogP contribution in [0, 0.1) is 0 Å². The highest BCUT2D eigenvalue weighted by Crippen LogP contribution is 2.19. The minimum absolute atomic E-state index is 0. The van der Waals surface area contributed by atoms with Crippen molar-refractivity contribution >= 4 is 33.3 Å². The highest BCUT2D eigenvalue weighted by molar-refractivity contribution is 7.89. The lowest BCUT2D eigenvalue weighted by atomic mass is 10.2. The summed E-state index contributed by atoms with van der Waals surface area (Å²) in [5.41, 5.74) is 0.497. The topological polar surface area (TPSA) is 71.1 Å². The molecule has 104 valence electrons. The first-order valence-corrected chi connectivity index (χ1v) is 7.11. The highest BCUT2D eigenvalue weighted by Gasteiger charge is 2.16. The summed E-state index contributed by atoms with van der Waals surface area (Å²) in [7, 11) is -1.74. The molecule has 0 unspecified atom stereocenters. The molecule has 5 nitrogen and oxygen atoms in total. The molecule has 2 rings (SSSR count). The van der Waals surface area contributed by atoms with Crippen LogP contribution in [0.15, 0.2) is 41.4 Å². The van der Waals surface area contributed by atoms with Gasteiger partial charge in [0.25, 0.3) is 0 Å². The lowest BCUT2D eigenvalue weighted by Gasteiger charge is -2.08. The van der Waals surface area contributed by atoms with Gasteiger partial charge in [0.2, 0.25) is 10.0 Å². The number of para-hydroxylation sites is 1. The van der Waals surface area contributed by atoms with Crippen LogP contribution in [-0.2, 0) is 10.0 Å². The molecule has 0 fully saturated rings. The Labute approximate surface area is 118 Å². The Balaban J connectivity index is 0.00000180. The maximum Gasteiger partial charge on any atom is 0.242 e. The molecule has 1 aromatic heterocycles. The molecule has 7 heteroatoms. The van der Waals surface area contributed by atoms with E-state index in [9.17, 15) is 8.42 Å². The fourth-order valence-electron chi connectivity index (χ4n) is 1.68. The second-order valence-corrected chi connectivity index (χ2v) is 5.57. The molecule has 2 N–H and O–H groups in total. The van der Waals surface area contributed by atoms with Gasteiger partial charge in [-0.15, -0.1) is 12.4 Å². The molecule has 19 heavy (non-hydrogen) atoms. The van der Waals surface area contributed by atoms with Crippen LogP contribution in [0.25, 0.3) is 10.9 Å².